The van der Waals surface area contributed by atoms with E-state index in [1.807, 2.05) is 0 Å². The quantitative estimate of drug-likeness (QED) is 0.512. The lowest BCUT2D eigenvalue weighted by atomic mass is 9.98. The van der Waals surface area contributed by atoms with Gasteiger partial charge in [0.15, 0.2) is 0 Å². The predicted molar refractivity (Wildman–Crippen MR) is 61.9 cm³/mol. The Kier molecular flexibility index (Phi) is 7.77. The molecule has 13 heavy (non-hydrogen) atoms. The third kappa shape index (κ3) is 4.92. The normalized spacial score (nSPS) is 10.8. The topological polar surface area (TPSA) is 0 Å². The minimum Gasteiger partial charge on any atom is -0.0885 e. The average Bonchev–Trinajstić information content (AvgIpc) is 2.17. The highest BCUT2D eigenvalue weighted by molar-refractivity contribution is 5.16. The summed E-state index contributed by atoms with van der Waals surface area (Å²) in [5.74, 6) is 0. The summed E-state index contributed by atoms with van der Waals surface area (Å²) in [6.45, 7) is 8.98. The van der Waals surface area contributed by atoms with Gasteiger partial charge in [0.1, 0.15) is 0 Å². The molecule has 0 spiro atoms. The molecular formula is C13H24. The lowest BCUT2D eigenvalue weighted by Gasteiger charge is -2.08. The zero-order chi connectivity index (χ0) is 10.1. The minimum absolute atomic E-state index is 1.16. The van der Waals surface area contributed by atoms with Gasteiger partial charge in [-0.05, 0) is 32.1 Å². The minimum atomic E-state index is 1.16. The maximum atomic E-state index is 2.31. The molecule has 0 nitrogen and oxygen atoms in total. The van der Waals surface area contributed by atoms with Gasteiger partial charge < -0.3 is 0 Å². The van der Waals surface area contributed by atoms with Crippen LogP contribution in [0.15, 0.2) is 23.3 Å². The van der Waals surface area contributed by atoms with Crippen molar-refractivity contribution in [2.24, 2.45) is 0 Å². The number of hydrogen-bond acceptors (Lipinski definition) is 0. The van der Waals surface area contributed by atoms with Crippen LogP contribution < -0.4 is 0 Å². The molecule has 0 bridgehead atoms. The summed E-state index contributed by atoms with van der Waals surface area (Å²) in [4.78, 5) is 0. The first-order valence-electron chi connectivity index (χ1n) is 5.64. The molecule has 0 atom stereocenters. The number of rotatable bonds is 6. The first-order chi connectivity index (χ1) is 6.29. The first kappa shape index (κ1) is 12.5. The highest BCUT2D eigenvalue weighted by Gasteiger charge is 1.99. The SMILES string of the molecule is CC/C=C\CC(CC)=C(CC)CC. The Balaban J connectivity index is 4.28. The fourth-order valence-corrected chi connectivity index (χ4v) is 1.68. The molecule has 0 aromatic heterocycles. The molecule has 0 aliphatic heterocycles. The van der Waals surface area contributed by atoms with E-state index in [1.54, 1.807) is 11.1 Å². The van der Waals surface area contributed by atoms with Gasteiger partial charge in [-0.2, -0.15) is 0 Å². The van der Waals surface area contributed by atoms with Crippen molar-refractivity contribution in [2.45, 2.75) is 59.8 Å². The van der Waals surface area contributed by atoms with Gasteiger partial charge in [-0.1, -0.05) is 51.0 Å². The average molecular weight is 180 g/mol. The molecule has 0 heterocycles. The third-order valence-corrected chi connectivity index (χ3v) is 2.55. The fourth-order valence-electron chi connectivity index (χ4n) is 1.68. The Morgan fingerprint density at radius 3 is 1.69 bits per heavy atom. The van der Waals surface area contributed by atoms with Crippen molar-refractivity contribution < 1.29 is 0 Å². The van der Waals surface area contributed by atoms with Gasteiger partial charge in [-0.25, -0.2) is 0 Å². The second kappa shape index (κ2) is 8.10. The molecule has 0 saturated heterocycles. The molecule has 76 valence electrons. The van der Waals surface area contributed by atoms with Crippen LogP contribution >= 0.6 is 0 Å². The van der Waals surface area contributed by atoms with Crippen molar-refractivity contribution in [3.8, 4) is 0 Å². The summed E-state index contributed by atoms with van der Waals surface area (Å²) in [7, 11) is 0. The van der Waals surface area contributed by atoms with Crippen LogP contribution in [0.25, 0.3) is 0 Å². The van der Waals surface area contributed by atoms with E-state index in [0.29, 0.717) is 0 Å². The Bertz CT molecular complexity index is 166. The van der Waals surface area contributed by atoms with Crippen molar-refractivity contribution in [1.82, 2.24) is 0 Å². The van der Waals surface area contributed by atoms with Gasteiger partial charge in [0.25, 0.3) is 0 Å². The summed E-state index contributed by atoms with van der Waals surface area (Å²) >= 11 is 0. The van der Waals surface area contributed by atoms with E-state index in [1.165, 1.54) is 25.7 Å². The van der Waals surface area contributed by atoms with Crippen LogP contribution in [0.3, 0.4) is 0 Å². The Hall–Kier alpha value is -0.520. The molecule has 0 unspecified atom stereocenters. The second-order valence-corrected chi connectivity index (χ2v) is 3.35. The molecule has 0 aliphatic carbocycles. The van der Waals surface area contributed by atoms with Gasteiger partial charge >= 0.3 is 0 Å². The van der Waals surface area contributed by atoms with Crippen LogP contribution in [0, 0.1) is 0 Å². The van der Waals surface area contributed by atoms with Crippen LogP contribution in [0.5, 0.6) is 0 Å². The summed E-state index contributed by atoms with van der Waals surface area (Å²) in [6.07, 6.45) is 10.6. The van der Waals surface area contributed by atoms with Crippen molar-refractivity contribution in [3.05, 3.63) is 23.3 Å². The standard InChI is InChI=1S/C13H24/c1-5-9-10-11-13(8-4)12(6-2)7-3/h9-10H,5-8,11H2,1-4H3/b10-9-. The monoisotopic (exact) mass is 180 g/mol. The molecular weight excluding hydrogens is 156 g/mol. The van der Waals surface area contributed by atoms with E-state index in [4.69, 9.17) is 0 Å². The summed E-state index contributed by atoms with van der Waals surface area (Å²) in [6, 6.07) is 0. The van der Waals surface area contributed by atoms with E-state index < -0.39 is 0 Å². The van der Waals surface area contributed by atoms with Crippen molar-refractivity contribution in [3.63, 3.8) is 0 Å². The zero-order valence-electron chi connectivity index (χ0n) is 9.69. The third-order valence-electron chi connectivity index (χ3n) is 2.55. The Labute approximate surface area is 83.7 Å². The van der Waals surface area contributed by atoms with Gasteiger partial charge in [0.05, 0.1) is 0 Å². The van der Waals surface area contributed by atoms with Crippen molar-refractivity contribution >= 4 is 0 Å². The van der Waals surface area contributed by atoms with Crippen molar-refractivity contribution in [2.75, 3.05) is 0 Å². The summed E-state index contributed by atoms with van der Waals surface area (Å²) in [5, 5.41) is 0. The van der Waals surface area contributed by atoms with Crippen molar-refractivity contribution in [1.29, 1.82) is 0 Å². The molecule has 0 aromatic carbocycles. The van der Waals surface area contributed by atoms with E-state index in [9.17, 15) is 0 Å². The lowest BCUT2D eigenvalue weighted by molar-refractivity contribution is 0.885. The largest absolute Gasteiger partial charge is 0.0885 e. The Morgan fingerprint density at radius 1 is 0.769 bits per heavy atom. The smallest absolute Gasteiger partial charge is 0.0136 e. The van der Waals surface area contributed by atoms with Crippen LogP contribution in [0.4, 0.5) is 0 Å². The summed E-state index contributed by atoms with van der Waals surface area (Å²) < 4.78 is 0. The highest BCUT2D eigenvalue weighted by Crippen LogP contribution is 2.19. The van der Waals surface area contributed by atoms with Gasteiger partial charge in [-0.15, -0.1) is 0 Å². The molecule has 0 radical (unpaired) electrons. The van der Waals surface area contributed by atoms with E-state index >= 15 is 0 Å². The maximum absolute atomic E-state index is 2.31. The number of allylic oxidation sites excluding steroid dienone is 4. The van der Waals surface area contributed by atoms with E-state index in [-0.39, 0.29) is 0 Å². The maximum Gasteiger partial charge on any atom is -0.0136 e. The second-order valence-electron chi connectivity index (χ2n) is 3.35. The zero-order valence-corrected chi connectivity index (χ0v) is 9.69. The molecule has 0 rings (SSSR count). The van der Waals surface area contributed by atoms with E-state index in [0.717, 1.165) is 6.42 Å². The van der Waals surface area contributed by atoms with Crippen LogP contribution in [-0.2, 0) is 0 Å². The van der Waals surface area contributed by atoms with E-state index in [2.05, 4.69) is 39.8 Å². The van der Waals surface area contributed by atoms with Crippen LogP contribution in [-0.4, -0.2) is 0 Å². The molecule has 0 amide bonds. The summed E-state index contributed by atoms with van der Waals surface area (Å²) in [5.41, 5.74) is 3.30. The molecule has 0 aliphatic rings. The van der Waals surface area contributed by atoms with Gasteiger partial charge in [0, 0.05) is 0 Å². The number of hydrogen-bond donors (Lipinski definition) is 0. The molecule has 0 aromatic rings. The molecule has 0 N–H and O–H groups in total. The first-order valence-corrected chi connectivity index (χ1v) is 5.64. The predicted octanol–water partition coefficient (Wildman–Crippen LogP) is 4.87. The highest BCUT2D eigenvalue weighted by atomic mass is 14.0. The van der Waals surface area contributed by atoms with Crippen LogP contribution in [0.2, 0.25) is 0 Å². The van der Waals surface area contributed by atoms with Gasteiger partial charge in [-0.3, -0.25) is 0 Å². The molecule has 0 saturated carbocycles. The van der Waals surface area contributed by atoms with Crippen LogP contribution in [0.1, 0.15) is 59.8 Å². The van der Waals surface area contributed by atoms with Gasteiger partial charge in [0.2, 0.25) is 0 Å². The molecule has 0 heteroatoms. The lowest BCUT2D eigenvalue weighted by Crippen LogP contribution is -1.88. The Morgan fingerprint density at radius 2 is 1.31 bits per heavy atom. The molecule has 0 fully saturated rings. The fraction of sp³-hybridized carbons (Fsp3) is 0.692.